The van der Waals surface area contributed by atoms with Crippen LogP contribution in [0.3, 0.4) is 0 Å². The van der Waals surface area contributed by atoms with Gasteiger partial charge in [-0.15, -0.1) is 0 Å². The zero-order valence-electron chi connectivity index (χ0n) is 9.10. The normalized spacial score (nSPS) is 35.1. The SMILES string of the molecule is c1ccc(C2N3CCCCN2CC3)cc1. The maximum atomic E-state index is 2.63. The average molecular weight is 202 g/mol. The third kappa shape index (κ3) is 1.68. The lowest BCUT2D eigenvalue weighted by molar-refractivity contribution is 0.162. The molecule has 2 atom stereocenters. The summed E-state index contributed by atoms with van der Waals surface area (Å²) in [5, 5.41) is 0. The summed E-state index contributed by atoms with van der Waals surface area (Å²) in [7, 11) is 0. The van der Waals surface area contributed by atoms with Crippen LogP contribution in [0.5, 0.6) is 0 Å². The molecule has 2 heteroatoms. The lowest BCUT2D eigenvalue weighted by Crippen LogP contribution is -2.28. The fourth-order valence-electron chi connectivity index (χ4n) is 2.88. The van der Waals surface area contributed by atoms with Crippen molar-refractivity contribution in [1.29, 1.82) is 0 Å². The molecule has 0 spiro atoms. The Labute approximate surface area is 91.5 Å². The molecule has 0 saturated carbocycles. The van der Waals surface area contributed by atoms with Crippen molar-refractivity contribution in [3.63, 3.8) is 0 Å². The van der Waals surface area contributed by atoms with Gasteiger partial charge in [-0.25, -0.2) is 0 Å². The highest BCUT2D eigenvalue weighted by Crippen LogP contribution is 2.32. The predicted molar refractivity (Wildman–Crippen MR) is 61.6 cm³/mol. The van der Waals surface area contributed by atoms with Gasteiger partial charge in [0.1, 0.15) is 0 Å². The van der Waals surface area contributed by atoms with Crippen molar-refractivity contribution in [3.8, 4) is 0 Å². The van der Waals surface area contributed by atoms with E-state index < -0.39 is 0 Å². The van der Waals surface area contributed by atoms with Crippen LogP contribution in [0, 0.1) is 0 Å². The molecule has 15 heavy (non-hydrogen) atoms. The Bertz CT molecular complexity index is 309. The summed E-state index contributed by atoms with van der Waals surface area (Å²) in [6, 6.07) is 10.9. The summed E-state index contributed by atoms with van der Waals surface area (Å²) >= 11 is 0. The number of fused-ring (bicyclic) bond motifs is 2. The van der Waals surface area contributed by atoms with E-state index in [2.05, 4.69) is 40.1 Å². The lowest BCUT2D eigenvalue weighted by Gasteiger charge is -2.27. The van der Waals surface area contributed by atoms with Gasteiger partial charge in [0.25, 0.3) is 0 Å². The minimum atomic E-state index is 0.564. The fourth-order valence-corrected chi connectivity index (χ4v) is 2.88. The molecule has 3 rings (SSSR count). The standard InChI is InChI=1S/C13H18N2/c1-2-6-12(7-3-1)13-14-8-4-5-9-15(13)11-10-14/h1-3,6-7,13H,4-5,8-11H2. The number of hydrogen-bond acceptors (Lipinski definition) is 2. The molecular formula is C13H18N2. The largest absolute Gasteiger partial charge is 0.283 e. The maximum Gasteiger partial charge on any atom is 0.0887 e. The Morgan fingerprint density at radius 2 is 1.40 bits per heavy atom. The van der Waals surface area contributed by atoms with E-state index in [9.17, 15) is 0 Å². The molecule has 2 heterocycles. The molecule has 2 fully saturated rings. The molecule has 2 unspecified atom stereocenters. The lowest BCUT2D eigenvalue weighted by atomic mass is 10.1. The zero-order chi connectivity index (χ0) is 10.1. The van der Waals surface area contributed by atoms with Crippen LogP contribution in [0.2, 0.25) is 0 Å². The van der Waals surface area contributed by atoms with Crippen LogP contribution in [-0.2, 0) is 0 Å². The second kappa shape index (κ2) is 3.95. The van der Waals surface area contributed by atoms with Crippen molar-refractivity contribution in [2.45, 2.75) is 19.0 Å². The van der Waals surface area contributed by atoms with Gasteiger partial charge in [-0.3, -0.25) is 9.80 Å². The summed E-state index contributed by atoms with van der Waals surface area (Å²) in [6.45, 7) is 5.05. The highest BCUT2D eigenvalue weighted by atomic mass is 15.4. The van der Waals surface area contributed by atoms with Crippen molar-refractivity contribution >= 4 is 0 Å². The maximum absolute atomic E-state index is 2.63. The zero-order valence-corrected chi connectivity index (χ0v) is 9.10. The first-order valence-corrected chi connectivity index (χ1v) is 5.98. The quantitative estimate of drug-likeness (QED) is 0.688. The van der Waals surface area contributed by atoms with Crippen molar-refractivity contribution < 1.29 is 0 Å². The second-order valence-corrected chi connectivity index (χ2v) is 4.56. The van der Waals surface area contributed by atoms with Crippen molar-refractivity contribution in [2.75, 3.05) is 26.2 Å². The van der Waals surface area contributed by atoms with Crippen LogP contribution in [0.25, 0.3) is 0 Å². The Morgan fingerprint density at radius 3 is 2.00 bits per heavy atom. The molecule has 1 aromatic rings. The highest BCUT2D eigenvalue weighted by molar-refractivity contribution is 5.20. The van der Waals surface area contributed by atoms with Crippen LogP contribution in [-0.4, -0.2) is 36.0 Å². The van der Waals surface area contributed by atoms with Gasteiger partial charge < -0.3 is 0 Å². The molecule has 1 aromatic carbocycles. The molecule has 2 bridgehead atoms. The number of benzene rings is 1. The van der Waals surface area contributed by atoms with Gasteiger partial charge in [0, 0.05) is 26.2 Å². The Kier molecular flexibility index (Phi) is 2.47. The summed E-state index contributed by atoms with van der Waals surface area (Å²) in [5.74, 6) is 0. The van der Waals surface area contributed by atoms with Crippen molar-refractivity contribution in [1.82, 2.24) is 9.80 Å². The fraction of sp³-hybridized carbons (Fsp3) is 0.538. The molecule has 2 aliphatic heterocycles. The summed E-state index contributed by atoms with van der Waals surface area (Å²) in [5.41, 5.74) is 1.47. The van der Waals surface area contributed by atoms with E-state index in [0.717, 1.165) is 0 Å². The van der Waals surface area contributed by atoms with Crippen LogP contribution in [0.1, 0.15) is 24.6 Å². The van der Waals surface area contributed by atoms with Crippen molar-refractivity contribution in [3.05, 3.63) is 35.9 Å². The highest BCUT2D eigenvalue weighted by Gasteiger charge is 2.33. The molecule has 2 aliphatic rings. The van der Waals surface area contributed by atoms with Gasteiger partial charge in [0.2, 0.25) is 0 Å². The van der Waals surface area contributed by atoms with Crippen LogP contribution < -0.4 is 0 Å². The summed E-state index contributed by atoms with van der Waals surface area (Å²) < 4.78 is 0. The van der Waals surface area contributed by atoms with E-state index in [1.165, 1.54) is 44.6 Å². The minimum absolute atomic E-state index is 0.564. The van der Waals surface area contributed by atoms with E-state index in [1.54, 1.807) is 0 Å². The number of nitrogens with zero attached hydrogens (tertiary/aromatic N) is 2. The first-order valence-electron chi connectivity index (χ1n) is 5.98. The van der Waals surface area contributed by atoms with Gasteiger partial charge in [-0.1, -0.05) is 30.3 Å². The van der Waals surface area contributed by atoms with E-state index in [4.69, 9.17) is 0 Å². The minimum Gasteiger partial charge on any atom is -0.283 e. The van der Waals surface area contributed by atoms with Gasteiger partial charge in [0.15, 0.2) is 0 Å². The average Bonchev–Trinajstić information content (AvgIpc) is 2.53. The molecule has 0 aliphatic carbocycles. The molecule has 80 valence electrons. The summed E-state index contributed by atoms with van der Waals surface area (Å²) in [4.78, 5) is 5.25. The van der Waals surface area contributed by atoms with Gasteiger partial charge in [-0.05, 0) is 18.4 Å². The number of hydrogen-bond donors (Lipinski definition) is 0. The Morgan fingerprint density at radius 1 is 0.800 bits per heavy atom. The van der Waals surface area contributed by atoms with Crippen molar-refractivity contribution in [2.24, 2.45) is 0 Å². The van der Waals surface area contributed by atoms with E-state index in [0.29, 0.717) is 6.17 Å². The first kappa shape index (κ1) is 9.37. The van der Waals surface area contributed by atoms with E-state index in [1.807, 2.05) is 0 Å². The molecule has 2 saturated heterocycles. The van der Waals surface area contributed by atoms with Gasteiger partial charge >= 0.3 is 0 Å². The molecular weight excluding hydrogens is 184 g/mol. The van der Waals surface area contributed by atoms with Crippen LogP contribution >= 0.6 is 0 Å². The second-order valence-electron chi connectivity index (χ2n) is 4.56. The Hall–Kier alpha value is -0.860. The molecule has 0 radical (unpaired) electrons. The van der Waals surface area contributed by atoms with Gasteiger partial charge in [-0.2, -0.15) is 0 Å². The Balaban J connectivity index is 1.91. The van der Waals surface area contributed by atoms with Gasteiger partial charge in [0.05, 0.1) is 6.17 Å². The first-order chi connectivity index (χ1) is 7.45. The van der Waals surface area contributed by atoms with E-state index >= 15 is 0 Å². The molecule has 0 amide bonds. The molecule has 2 nitrogen and oxygen atoms in total. The third-order valence-corrected chi connectivity index (χ3v) is 3.60. The summed E-state index contributed by atoms with van der Waals surface area (Å²) in [6.07, 6.45) is 3.29. The van der Waals surface area contributed by atoms with E-state index in [-0.39, 0.29) is 0 Å². The monoisotopic (exact) mass is 202 g/mol. The smallest absolute Gasteiger partial charge is 0.0887 e. The molecule has 0 N–H and O–H groups in total. The topological polar surface area (TPSA) is 6.48 Å². The molecule has 0 aromatic heterocycles. The van der Waals surface area contributed by atoms with Crippen LogP contribution in [0.4, 0.5) is 0 Å². The predicted octanol–water partition coefficient (Wildman–Crippen LogP) is 2.10. The third-order valence-electron chi connectivity index (χ3n) is 3.60. The van der Waals surface area contributed by atoms with Crippen LogP contribution in [0.15, 0.2) is 30.3 Å². The number of rotatable bonds is 1.